The number of hydrogen-bond acceptors (Lipinski definition) is 4. The van der Waals surface area contributed by atoms with Crippen molar-refractivity contribution < 1.29 is 0 Å². The summed E-state index contributed by atoms with van der Waals surface area (Å²) in [7, 11) is 1.78. The smallest absolute Gasteiger partial charge is 0.191 e. The van der Waals surface area contributed by atoms with Crippen molar-refractivity contribution in [2.45, 2.75) is 19.5 Å². The molecule has 0 aliphatic rings. The van der Waals surface area contributed by atoms with E-state index in [9.17, 15) is 0 Å². The number of aryl methyl sites for hydroxylation is 1. The van der Waals surface area contributed by atoms with Crippen LogP contribution in [0.4, 0.5) is 0 Å². The molecule has 0 amide bonds. The first-order valence-corrected chi connectivity index (χ1v) is 9.15. The fourth-order valence-electron chi connectivity index (χ4n) is 2.38. The van der Waals surface area contributed by atoms with E-state index in [4.69, 9.17) is 0 Å². The van der Waals surface area contributed by atoms with E-state index < -0.39 is 0 Å². The zero-order valence-corrected chi connectivity index (χ0v) is 15.0. The molecule has 3 rings (SSSR count). The third-order valence-electron chi connectivity index (χ3n) is 3.65. The fourth-order valence-corrected chi connectivity index (χ4v) is 3.20. The van der Waals surface area contributed by atoms with Gasteiger partial charge in [-0.2, -0.15) is 5.10 Å². The Bertz CT molecular complexity index is 779. The Balaban J connectivity index is 1.43. The van der Waals surface area contributed by atoms with Gasteiger partial charge < -0.3 is 10.6 Å². The lowest BCUT2D eigenvalue weighted by atomic mass is 10.2. The Labute approximate surface area is 151 Å². The number of nitrogens with one attached hydrogen (secondary N) is 2. The maximum atomic E-state index is 4.68. The molecule has 2 aromatic heterocycles. The molecular weight excluding hydrogens is 332 g/mol. The lowest BCUT2D eigenvalue weighted by Crippen LogP contribution is -2.37. The maximum Gasteiger partial charge on any atom is 0.191 e. The molecule has 2 N–H and O–H groups in total. The summed E-state index contributed by atoms with van der Waals surface area (Å²) in [5, 5.41) is 13.9. The summed E-state index contributed by atoms with van der Waals surface area (Å²) in [5.41, 5.74) is 2.17. The molecule has 0 saturated carbocycles. The Kier molecular flexibility index (Phi) is 6.17. The highest BCUT2D eigenvalue weighted by Crippen LogP contribution is 2.23. The lowest BCUT2D eigenvalue weighted by molar-refractivity contribution is 0.570. The minimum absolute atomic E-state index is 0.655. The molecule has 3 aromatic rings. The first kappa shape index (κ1) is 17.2. The van der Waals surface area contributed by atoms with Crippen LogP contribution in [-0.4, -0.2) is 34.3 Å². The highest BCUT2D eigenvalue weighted by atomic mass is 32.1. The van der Waals surface area contributed by atoms with Crippen molar-refractivity contribution >= 4 is 17.3 Å². The minimum atomic E-state index is 0.655. The topological polar surface area (TPSA) is 67.1 Å². The van der Waals surface area contributed by atoms with Gasteiger partial charge in [0.2, 0.25) is 0 Å². The largest absolute Gasteiger partial charge is 0.356 e. The van der Waals surface area contributed by atoms with Crippen molar-refractivity contribution in [2.24, 2.45) is 4.99 Å². The number of rotatable bonds is 7. The molecule has 6 nitrogen and oxygen atoms in total. The first-order chi connectivity index (χ1) is 12.3. The van der Waals surface area contributed by atoms with Gasteiger partial charge in [-0.25, -0.2) is 4.98 Å². The molecule has 0 aliphatic heterocycles. The van der Waals surface area contributed by atoms with E-state index in [1.54, 1.807) is 24.6 Å². The van der Waals surface area contributed by atoms with Crippen molar-refractivity contribution in [2.75, 3.05) is 13.6 Å². The summed E-state index contributed by atoms with van der Waals surface area (Å²) >= 11 is 1.66. The summed E-state index contributed by atoms with van der Waals surface area (Å²) in [4.78, 5) is 8.93. The average molecular weight is 354 g/mol. The van der Waals surface area contributed by atoms with E-state index >= 15 is 0 Å². The van der Waals surface area contributed by atoms with Crippen LogP contribution in [0.15, 0.2) is 59.2 Å². The Morgan fingerprint density at radius 1 is 1.20 bits per heavy atom. The molecule has 0 spiro atoms. The van der Waals surface area contributed by atoms with E-state index in [-0.39, 0.29) is 0 Å². The monoisotopic (exact) mass is 354 g/mol. The summed E-state index contributed by atoms with van der Waals surface area (Å²) in [6, 6.07) is 12.2. The van der Waals surface area contributed by atoms with Gasteiger partial charge in [-0.05, 0) is 12.5 Å². The van der Waals surface area contributed by atoms with Gasteiger partial charge in [0.15, 0.2) is 5.96 Å². The van der Waals surface area contributed by atoms with E-state index in [1.807, 2.05) is 35.1 Å². The van der Waals surface area contributed by atoms with Crippen molar-refractivity contribution in [1.29, 1.82) is 0 Å². The molecule has 0 fully saturated rings. The molecule has 0 atom stereocenters. The van der Waals surface area contributed by atoms with Crippen molar-refractivity contribution in [3.63, 3.8) is 0 Å². The van der Waals surface area contributed by atoms with Gasteiger partial charge in [0.05, 0.1) is 12.2 Å². The number of nitrogens with zero attached hydrogens (tertiary/aromatic N) is 4. The van der Waals surface area contributed by atoms with Gasteiger partial charge >= 0.3 is 0 Å². The highest BCUT2D eigenvalue weighted by Gasteiger charge is 2.05. The van der Waals surface area contributed by atoms with E-state index in [0.29, 0.717) is 6.54 Å². The van der Waals surface area contributed by atoms with Crippen LogP contribution in [0.25, 0.3) is 10.6 Å². The van der Waals surface area contributed by atoms with Crippen molar-refractivity contribution in [3.8, 4) is 10.6 Å². The van der Waals surface area contributed by atoms with Crippen LogP contribution in [0, 0.1) is 0 Å². The number of benzene rings is 1. The summed E-state index contributed by atoms with van der Waals surface area (Å²) in [5.74, 6) is 0.787. The highest BCUT2D eigenvalue weighted by molar-refractivity contribution is 7.13. The molecule has 0 unspecified atom stereocenters. The van der Waals surface area contributed by atoms with Gasteiger partial charge in [-0.1, -0.05) is 30.3 Å². The Hall–Kier alpha value is -2.67. The van der Waals surface area contributed by atoms with E-state index in [1.165, 1.54) is 0 Å². The molecule has 0 aliphatic carbocycles. The van der Waals surface area contributed by atoms with Gasteiger partial charge in [-0.3, -0.25) is 9.67 Å². The van der Waals surface area contributed by atoms with E-state index in [0.717, 1.165) is 41.7 Å². The second kappa shape index (κ2) is 8.98. The van der Waals surface area contributed by atoms with Crippen LogP contribution in [0.2, 0.25) is 0 Å². The predicted octanol–water partition coefficient (Wildman–Crippen LogP) is 2.76. The zero-order valence-electron chi connectivity index (χ0n) is 14.2. The summed E-state index contributed by atoms with van der Waals surface area (Å²) < 4.78 is 1.93. The van der Waals surface area contributed by atoms with E-state index in [2.05, 4.69) is 43.2 Å². The van der Waals surface area contributed by atoms with Crippen LogP contribution < -0.4 is 10.6 Å². The van der Waals surface area contributed by atoms with Crippen LogP contribution in [0.5, 0.6) is 0 Å². The van der Waals surface area contributed by atoms with Crippen LogP contribution >= 0.6 is 11.3 Å². The number of hydrogen-bond donors (Lipinski definition) is 2. The third kappa shape index (κ3) is 5.15. The van der Waals surface area contributed by atoms with Crippen LogP contribution in [-0.2, 0) is 13.1 Å². The second-order valence-electron chi connectivity index (χ2n) is 5.49. The Morgan fingerprint density at radius 3 is 2.84 bits per heavy atom. The maximum absolute atomic E-state index is 4.68. The molecule has 2 heterocycles. The molecule has 0 bridgehead atoms. The van der Waals surface area contributed by atoms with Crippen molar-refractivity contribution in [3.05, 3.63) is 59.9 Å². The number of aromatic nitrogens is 3. The van der Waals surface area contributed by atoms with Crippen LogP contribution in [0.3, 0.4) is 0 Å². The predicted molar refractivity (Wildman–Crippen MR) is 103 cm³/mol. The average Bonchev–Trinajstić information content (AvgIpc) is 3.34. The number of aliphatic imine (C=N–C) groups is 1. The van der Waals surface area contributed by atoms with Crippen molar-refractivity contribution in [1.82, 2.24) is 25.4 Å². The normalized spacial score (nSPS) is 11.5. The quantitative estimate of drug-likeness (QED) is 0.389. The van der Waals surface area contributed by atoms with Gasteiger partial charge in [0.25, 0.3) is 0 Å². The Morgan fingerprint density at radius 2 is 2.08 bits per heavy atom. The second-order valence-corrected chi connectivity index (χ2v) is 6.34. The number of guanidine groups is 1. The van der Waals surface area contributed by atoms with Gasteiger partial charge in [0.1, 0.15) is 5.01 Å². The first-order valence-electron chi connectivity index (χ1n) is 8.27. The molecule has 1 aromatic carbocycles. The minimum Gasteiger partial charge on any atom is -0.356 e. The molecular formula is C18H22N6S. The summed E-state index contributed by atoms with van der Waals surface area (Å²) in [6.07, 6.45) is 4.75. The lowest BCUT2D eigenvalue weighted by Gasteiger charge is -2.10. The molecule has 0 radical (unpaired) electrons. The number of thiazole rings is 1. The zero-order chi connectivity index (χ0) is 17.3. The molecule has 25 heavy (non-hydrogen) atoms. The summed E-state index contributed by atoms with van der Waals surface area (Å²) in [6.45, 7) is 2.39. The third-order valence-corrected chi connectivity index (χ3v) is 4.59. The standard InChI is InChI=1S/C18H22N6S/c1-19-18(20-9-5-11-24-12-6-10-22-24)21-13-16-14-25-17(23-16)15-7-3-2-4-8-15/h2-4,6-8,10,12,14H,5,9,11,13H2,1H3,(H2,19,20,21). The SMILES string of the molecule is CN=C(NCCCn1cccn1)NCc1csc(-c2ccccc2)n1. The molecule has 130 valence electrons. The van der Waals surface area contributed by atoms with Gasteiger partial charge in [-0.15, -0.1) is 11.3 Å². The molecule has 0 saturated heterocycles. The molecule has 7 heteroatoms. The fraction of sp³-hybridized carbons (Fsp3) is 0.278. The van der Waals surface area contributed by atoms with Gasteiger partial charge in [0, 0.05) is 43.5 Å². The van der Waals surface area contributed by atoms with Crippen LogP contribution in [0.1, 0.15) is 12.1 Å².